The van der Waals surface area contributed by atoms with E-state index in [0.29, 0.717) is 24.5 Å². The topological polar surface area (TPSA) is 63.4 Å². The molecule has 2 N–H and O–H groups in total. The molecule has 0 heterocycles. The van der Waals surface area contributed by atoms with E-state index >= 15 is 0 Å². The quantitative estimate of drug-likeness (QED) is 0.868. The smallest absolute Gasteiger partial charge is 0.243 e. The lowest BCUT2D eigenvalue weighted by molar-refractivity contribution is 0.444. The summed E-state index contributed by atoms with van der Waals surface area (Å²) in [5, 5.41) is 0. The van der Waals surface area contributed by atoms with Crippen molar-refractivity contribution in [1.29, 1.82) is 0 Å². The van der Waals surface area contributed by atoms with Crippen LogP contribution < -0.4 is 5.73 Å². The zero-order valence-electron chi connectivity index (χ0n) is 10.6. The highest BCUT2D eigenvalue weighted by Gasteiger charge is 2.23. The van der Waals surface area contributed by atoms with Crippen LogP contribution in [0.1, 0.15) is 25.0 Å². The Morgan fingerprint density at radius 3 is 2.29 bits per heavy atom. The molecule has 0 atom stereocenters. The van der Waals surface area contributed by atoms with Gasteiger partial charge in [0.05, 0.1) is 4.90 Å². The molecule has 0 amide bonds. The van der Waals surface area contributed by atoms with Crippen molar-refractivity contribution in [2.24, 2.45) is 5.73 Å². The predicted molar refractivity (Wildman–Crippen MR) is 69.2 cm³/mol. The Balaban J connectivity index is 3.34. The second-order valence-electron chi connectivity index (χ2n) is 3.83. The van der Waals surface area contributed by atoms with E-state index in [2.05, 4.69) is 0 Å². The standard InChI is InChI=1S/C12H20N2O2S/c1-4-14(5-2)17(15,16)12-8-6-7-11(9-13)10(12)3/h6-8H,4-5,9,13H2,1-3H3. The van der Waals surface area contributed by atoms with Crippen molar-refractivity contribution in [3.8, 4) is 0 Å². The third kappa shape index (κ3) is 2.68. The minimum Gasteiger partial charge on any atom is -0.326 e. The first-order valence-corrected chi connectivity index (χ1v) is 7.21. The Bertz CT molecular complexity index is 479. The molecule has 0 saturated heterocycles. The summed E-state index contributed by atoms with van der Waals surface area (Å²) in [6.07, 6.45) is 0. The molecule has 17 heavy (non-hydrogen) atoms. The van der Waals surface area contributed by atoms with Crippen molar-refractivity contribution in [1.82, 2.24) is 4.31 Å². The Labute approximate surface area is 103 Å². The number of nitrogens with zero attached hydrogens (tertiary/aromatic N) is 1. The van der Waals surface area contributed by atoms with Crippen LogP contribution in [0.5, 0.6) is 0 Å². The van der Waals surface area contributed by atoms with Gasteiger partial charge in [-0.3, -0.25) is 0 Å². The average Bonchev–Trinajstić information content (AvgIpc) is 2.30. The van der Waals surface area contributed by atoms with Crippen LogP contribution in [0.3, 0.4) is 0 Å². The average molecular weight is 256 g/mol. The summed E-state index contributed by atoms with van der Waals surface area (Å²) >= 11 is 0. The lowest BCUT2D eigenvalue weighted by Gasteiger charge is -2.20. The molecule has 0 fully saturated rings. The second kappa shape index (κ2) is 5.62. The Morgan fingerprint density at radius 1 is 1.24 bits per heavy atom. The van der Waals surface area contributed by atoms with E-state index in [4.69, 9.17) is 5.73 Å². The van der Waals surface area contributed by atoms with Gasteiger partial charge in [0.15, 0.2) is 0 Å². The van der Waals surface area contributed by atoms with Crippen LogP contribution in [0.4, 0.5) is 0 Å². The highest BCUT2D eigenvalue weighted by molar-refractivity contribution is 7.89. The van der Waals surface area contributed by atoms with Crippen molar-refractivity contribution in [2.45, 2.75) is 32.2 Å². The van der Waals surface area contributed by atoms with E-state index in [1.54, 1.807) is 19.1 Å². The largest absolute Gasteiger partial charge is 0.326 e. The van der Waals surface area contributed by atoms with Gasteiger partial charge < -0.3 is 5.73 Å². The molecule has 96 valence electrons. The molecule has 5 heteroatoms. The van der Waals surface area contributed by atoms with E-state index in [0.717, 1.165) is 11.1 Å². The molecule has 0 aliphatic rings. The molecule has 0 saturated carbocycles. The highest BCUT2D eigenvalue weighted by Crippen LogP contribution is 2.22. The van der Waals surface area contributed by atoms with Crippen LogP contribution in [0.15, 0.2) is 23.1 Å². The molecule has 1 aromatic carbocycles. The first-order chi connectivity index (χ1) is 7.98. The van der Waals surface area contributed by atoms with Crippen LogP contribution in [-0.2, 0) is 16.6 Å². The van der Waals surface area contributed by atoms with Crippen molar-refractivity contribution in [2.75, 3.05) is 13.1 Å². The van der Waals surface area contributed by atoms with E-state index in [1.165, 1.54) is 4.31 Å². The fourth-order valence-electron chi connectivity index (χ4n) is 1.86. The molecule has 0 spiro atoms. The zero-order chi connectivity index (χ0) is 13.1. The predicted octanol–water partition coefficient (Wildman–Crippen LogP) is 1.48. The monoisotopic (exact) mass is 256 g/mol. The van der Waals surface area contributed by atoms with E-state index < -0.39 is 10.0 Å². The molecule has 0 aromatic heterocycles. The van der Waals surface area contributed by atoms with Gasteiger partial charge >= 0.3 is 0 Å². The number of hydrogen-bond acceptors (Lipinski definition) is 3. The highest BCUT2D eigenvalue weighted by atomic mass is 32.2. The van der Waals surface area contributed by atoms with Gasteiger partial charge in [0.1, 0.15) is 0 Å². The van der Waals surface area contributed by atoms with E-state index in [9.17, 15) is 8.42 Å². The number of hydrogen-bond donors (Lipinski definition) is 1. The van der Waals surface area contributed by atoms with Crippen molar-refractivity contribution >= 4 is 10.0 Å². The molecule has 1 rings (SSSR count). The Morgan fingerprint density at radius 2 is 1.82 bits per heavy atom. The van der Waals surface area contributed by atoms with Gasteiger partial charge in [-0.2, -0.15) is 4.31 Å². The first kappa shape index (κ1) is 14.2. The minimum absolute atomic E-state index is 0.355. The molecular formula is C12H20N2O2S. The summed E-state index contributed by atoms with van der Waals surface area (Å²) in [6, 6.07) is 5.24. The first-order valence-electron chi connectivity index (χ1n) is 5.77. The van der Waals surface area contributed by atoms with Crippen LogP contribution in [0.25, 0.3) is 0 Å². The summed E-state index contributed by atoms with van der Waals surface area (Å²) in [5.41, 5.74) is 7.22. The lowest BCUT2D eigenvalue weighted by atomic mass is 10.1. The maximum atomic E-state index is 12.4. The molecule has 4 nitrogen and oxygen atoms in total. The second-order valence-corrected chi connectivity index (χ2v) is 5.74. The molecule has 1 aromatic rings. The maximum absolute atomic E-state index is 12.4. The number of benzene rings is 1. The van der Waals surface area contributed by atoms with Gasteiger partial charge in [-0.25, -0.2) is 8.42 Å². The summed E-state index contributed by atoms with van der Waals surface area (Å²) in [5.74, 6) is 0. The minimum atomic E-state index is -3.39. The van der Waals surface area contributed by atoms with Crippen LogP contribution >= 0.6 is 0 Å². The van der Waals surface area contributed by atoms with Gasteiger partial charge in [-0.05, 0) is 24.1 Å². The van der Waals surface area contributed by atoms with Crippen LogP contribution in [0, 0.1) is 6.92 Å². The van der Waals surface area contributed by atoms with Gasteiger partial charge in [0.2, 0.25) is 10.0 Å². The zero-order valence-corrected chi connectivity index (χ0v) is 11.4. The van der Waals surface area contributed by atoms with Crippen LogP contribution in [-0.4, -0.2) is 25.8 Å². The Hall–Kier alpha value is -0.910. The summed E-state index contributed by atoms with van der Waals surface area (Å²) < 4.78 is 26.2. The number of rotatable bonds is 5. The summed E-state index contributed by atoms with van der Waals surface area (Å²) in [7, 11) is -3.39. The van der Waals surface area contributed by atoms with E-state index in [-0.39, 0.29) is 0 Å². The van der Waals surface area contributed by atoms with E-state index in [1.807, 2.05) is 19.9 Å². The Kier molecular flexibility index (Phi) is 4.68. The van der Waals surface area contributed by atoms with Crippen molar-refractivity contribution in [3.63, 3.8) is 0 Å². The molecular weight excluding hydrogens is 236 g/mol. The molecule has 0 aliphatic heterocycles. The molecule has 0 radical (unpaired) electrons. The summed E-state index contributed by atoms with van der Waals surface area (Å²) in [4.78, 5) is 0.365. The SMILES string of the molecule is CCN(CC)S(=O)(=O)c1cccc(CN)c1C. The van der Waals surface area contributed by atoms with Gasteiger partial charge in [-0.1, -0.05) is 26.0 Å². The van der Waals surface area contributed by atoms with Crippen LogP contribution in [0.2, 0.25) is 0 Å². The fourth-order valence-corrected chi connectivity index (χ4v) is 3.59. The fraction of sp³-hybridized carbons (Fsp3) is 0.500. The van der Waals surface area contributed by atoms with Crippen molar-refractivity contribution < 1.29 is 8.42 Å². The van der Waals surface area contributed by atoms with Crippen molar-refractivity contribution in [3.05, 3.63) is 29.3 Å². The molecule has 0 aliphatic carbocycles. The number of nitrogens with two attached hydrogens (primary N) is 1. The third-order valence-corrected chi connectivity index (χ3v) is 5.13. The third-order valence-electron chi connectivity index (χ3n) is 2.94. The normalized spacial score (nSPS) is 12.1. The molecule has 0 unspecified atom stereocenters. The molecule has 0 bridgehead atoms. The van der Waals surface area contributed by atoms with Gasteiger partial charge in [0, 0.05) is 19.6 Å². The number of sulfonamides is 1. The lowest BCUT2D eigenvalue weighted by Crippen LogP contribution is -2.31. The maximum Gasteiger partial charge on any atom is 0.243 e. The summed E-state index contributed by atoms with van der Waals surface area (Å²) in [6.45, 7) is 6.79. The van der Waals surface area contributed by atoms with Gasteiger partial charge in [0.25, 0.3) is 0 Å². The van der Waals surface area contributed by atoms with Gasteiger partial charge in [-0.15, -0.1) is 0 Å².